The third-order valence-corrected chi connectivity index (χ3v) is 4.24. The predicted molar refractivity (Wildman–Crippen MR) is 79.7 cm³/mol. The zero-order valence-corrected chi connectivity index (χ0v) is 14.0. The molecule has 0 aromatic heterocycles. The highest BCUT2D eigenvalue weighted by molar-refractivity contribution is 9.10. The maximum Gasteiger partial charge on any atom is 0.205 e. The van der Waals surface area contributed by atoms with Gasteiger partial charge in [-0.3, -0.25) is 0 Å². The van der Waals surface area contributed by atoms with Gasteiger partial charge in [0.05, 0.1) is 6.10 Å². The number of hydrogen-bond acceptors (Lipinski definition) is 1. The first-order valence-corrected chi connectivity index (χ1v) is 9.21. The molecule has 1 unspecified atom stereocenters. The Labute approximate surface area is 115 Å². The van der Waals surface area contributed by atoms with E-state index in [0.717, 1.165) is 6.42 Å². The topological polar surface area (TPSA) is 9.23 Å². The van der Waals surface area contributed by atoms with E-state index in [0.29, 0.717) is 0 Å². The maximum absolute atomic E-state index is 6.15. The van der Waals surface area contributed by atoms with Crippen LogP contribution in [-0.4, -0.2) is 15.1 Å². The molecule has 0 amide bonds. The average Bonchev–Trinajstić information content (AvgIpc) is 2.18. The second kappa shape index (κ2) is 6.16. The normalized spacial score (nSPS) is 14.1. The first-order valence-electron chi connectivity index (χ1n) is 6.01. The zero-order chi connectivity index (χ0) is 13.1. The van der Waals surface area contributed by atoms with E-state index in [1.807, 2.05) is 0 Å². The molecule has 1 atom stereocenters. The number of benzene rings is 1. The molecule has 0 bridgehead atoms. The molecule has 0 fully saturated rings. The van der Waals surface area contributed by atoms with Crippen molar-refractivity contribution in [3.05, 3.63) is 34.3 Å². The molecule has 0 spiro atoms. The molecule has 0 saturated carbocycles. The highest BCUT2D eigenvalue weighted by atomic mass is 79.9. The van der Waals surface area contributed by atoms with Gasteiger partial charge >= 0.3 is 0 Å². The quantitative estimate of drug-likeness (QED) is 0.734. The molecule has 0 aliphatic heterocycles. The number of halogens is 1. The molecule has 1 nitrogen and oxygen atoms in total. The minimum Gasteiger partial charge on any atom is -0.413 e. The minimum atomic E-state index is -0.663. The van der Waals surface area contributed by atoms with Crippen LogP contribution < -0.4 is 0 Å². The molecule has 1 rings (SSSR count). The van der Waals surface area contributed by atoms with Crippen molar-refractivity contribution in [2.45, 2.75) is 46.4 Å². The molecule has 0 saturated heterocycles. The van der Waals surface area contributed by atoms with Gasteiger partial charge < -0.3 is 4.43 Å². The lowest BCUT2D eigenvalue weighted by Gasteiger charge is -2.32. The monoisotopic (exact) mass is 313 g/mol. The van der Waals surface area contributed by atoms with E-state index in [2.05, 4.69) is 74.1 Å². The number of rotatable bonds is 4. The second-order valence-corrected chi connectivity index (χ2v) is 8.58. The van der Waals surface area contributed by atoms with Crippen LogP contribution in [0.5, 0.6) is 0 Å². The van der Waals surface area contributed by atoms with Crippen molar-refractivity contribution in [3.63, 3.8) is 0 Å². The molecule has 0 aliphatic rings. The van der Waals surface area contributed by atoms with Crippen LogP contribution in [0.25, 0.3) is 0 Å². The Hall–Kier alpha value is -0.123. The van der Waals surface area contributed by atoms with E-state index < -0.39 is 9.04 Å². The Bertz CT molecular complexity index is 357. The van der Waals surface area contributed by atoms with Crippen molar-refractivity contribution in [1.29, 1.82) is 0 Å². The summed E-state index contributed by atoms with van der Waals surface area (Å²) >= 11 is 3.61. The van der Waals surface area contributed by atoms with Gasteiger partial charge in [-0.25, -0.2) is 0 Å². The summed E-state index contributed by atoms with van der Waals surface area (Å²) in [4.78, 5) is 0. The van der Waals surface area contributed by atoms with E-state index in [1.54, 1.807) is 0 Å². The fraction of sp³-hybridized carbons (Fsp3) is 0.571. The molecule has 17 heavy (non-hydrogen) atoms. The van der Waals surface area contributed by atoms with E-state index in [4.69, 9.17) is 4.43 Å². The Morgan fingerprint density at radius 2 is 1.82 bits per heavy atom. The van der Waals surface area contributed by atoms with Gasteiger partial charge in [-0.15, -0.1) is 0 Å². The zero-order valence-electron chi connectivity index (χ0n) is 11.4. The molecule has 1 aromatic rings. The van der Waals surface area contributed by atoms with Gasteiger partial charge in [-0.2, -0.15) is 0 Å². The Kier molecular flexibility index (Phi) is 5.42. The molecule has 1 radical (unpaired) electrons. The van der Waals surface area contributed by atoms with Gasteiger partial charge in [0.1, 0.15) is 0 Å². The van der Waals surface area contributed by atoms with E-state index in [1.165, 1.54) is 10.0 Å². The van der Waals surface area contributed by atoms with Gasteiger partial charge in [0.25, 0.3) is 0 Å². The average molecular weight is 314 g/mol. The van der Waals surface area contributed by atoms with Crippen LogP contribution >= 0.6 is 15.9 Å². The fourth-order valence-corrected chi connectivity index (χ4v) is 3.13. The Morgan fingerprint density at radius 1 is 1.24 bits per heavy atom. The minimum absolute atomic E-state index is 0.178. The molecule has 0 N–H and O–H groups in total. The standard InChI is InChI=1S/C14H22BrOSi/c1-14(2,3)13(16-17(4)5)10-11-8-6-7-9-12(11)15/h6-9,13H,10H2,1-5H3. The van der Waals surface area contributed by atoms with E-state index >= 15 is 0 Å². The lowest BCUT2D eigenvalue weighted by Crippen LogP contribution is -2.35. The SMILES string of the molecule is C[Si](C)OC(Cc1ccccc1Br)C(C)(C)C. The van der Waals surface area contributed by atoms with Crippen LogP contribution in [0.4, 0.5) is 0 Å². The van der Waals surface area contributed by atoms with Crippen LogP contribution in [0.3, 0.4) is 0 Å². The molecule has 0 aliphatic carbocycles. The highest BCUT2D eigenvalue weighted by Gasteiger charge is 2.27. The Balaban J connectivity index is 2.83. The first kappa shape index (κ1) is 14.9. The summed E-state index contributed by atoms with van der Waals surface area (Å²) in [5.41, 5.74) is 1.51. The summed E-state index contributed by atoms with van der Waals surface area (Å²) in [5, 5.41) is 0. The van der Waals surface area contributed by atoms with Crippen LogP contribution in [0.1, 0.15) is 26.3 Å². The summed E-state index contributed by atoms with van der Waals surface area (Å²) in [6, 6.07) is 8.40. The van der Waals surface area contributed by atoms with Crippen LogP contribution in [0.2, 0.25) is 13.1 Å². The van der Waals surface area contributed by atoms with Gasteiger partial charge in [0.15, 0.2) is 0 Å². The van der Waals surface area contributed by atoms with Crippen molar-refractivity contribution in [3.8, 4) is 0 Å². The van der Waals surface area contributed by atoms with Crippen LogP contribution in [0.15, 0.2) is 28.7 Å². The number of hydrogen-bond donors (Lipinski definition) is 0. The lowest BCUT2D eigenvalue weighted by atomic mass is 9.85. The van der Waals surface area contributed by atoms with Crippen molar-refractivity contribution < 1.29 is 4.43 Å². The molecule has 1 aromatic carbocycles. The third kappa shape index (κ3) is 4.94. The predicted octanol–water partition coefficient (Wildman–Crippen LogP) is 4.67. The molecule has 3 heteroatoms. The third-order valence-electron chi connectivity index (χ3n) is 2.71. The molecule has 95 valence electrons. The Morgan fingerprint density at radius 3 is 2.29 bits per heavy atom. The summed E-state index contributed by atoms with van der Waals surface area (Å²) < 4.78 is 7.33. The van der Waals surface area contributed by atoms with Crippen LogP contribution in [0, 0.1) is 5.41 Å². The fourth-order valence-electron chi connectivity index (χ4n) is 1.67. The van der Waals surface area contributed by atoms with Crippen molar-refractivity contribution in [2.24, 2.45) is 5.41 Å². The summed E-state index contributed by atoms with van der Waals surface area (Å²) in [5.74, 6) is 0. The van der Waals surface area contributed by atoms with Gasteiger partial charge in [0.2, 0.25) is 9.04 Å². The van der Waals surface area contributed by atoms with Gasteiger partial charge in [-0.05, 0) is 36.6 Å². The summed E-state index contributed by atoms with van der Waals surface area (Å²) in [7, 11) is -0.663. The summed E-state index contributed by atoms with van der Waals surface area (Å²) in [6.07, 6.45) is 1.26. The first-order chi connectivity index (χ1) is 7.80. The lowest BCUT2D eigenvalue weighted by molar-refractivity contribution is 0.0866. The largest absolute Gasteiger partial charge is 0.413 e. The van der Waals surface area contributed by atoms with Crippen molar-refractivity contribution in [2.75, 3.05) is 0 Å². The van der Waals surface area contributed by atoms with Gasteiger partial charge in [0, 0.05) is 4.47 Å². The van der Waals surface area contributed by atoms with E-state index in [9.17, 15) is 0 Å². The van der Waals surface area contributed by atoms with Crippen LogP contribution in [-0.2, 0) is 10.8 Å². The van der Waals surface area contributed by atoms with Gasteiger partial charge in [-0.1, -0.05) is 54.9 Å². The van der Waals surface area contributed by atoms with Crippen molar-refractivity contribution >= 4 is 25.0 Å². The molecular weight excluding hydrogens is 292 g/mol. The second-order valence-electron chi connectivity index (χ2n) is 5.68. The molecular formula is C14H22BrOSi. The smallest absolute Gasteiger partial charge is 0.205 e. The molecule has 0 heterocycles. The summed E-state index contributed by atoms with van der Waals surface area (Å²) in [6.45, 7) is 11.1. The maximum atomic E-state index is 6.15. The van der Waals surface area contributed by atoms with Crippen molar-refractivity contribution in [1.82, 2.24) is 0 Å². The highest BCUT2D eigenvalue weighted by Crippen LogP contribution is 2.28. The van der Waals surface area contributed by atoms with E-state index in [-0.39, 0.29) is 11.5 Å².